The van der Waals surface area contributed by atoms with E-state index in [1.165, 1.54) is 12.1 Å². The van der Waals surface area contributed by atoms with Gasteiger partial charge in [-0.3, -0.25) is 9.59 Å². The van der Waals surface area contributed by atoms with E-state index in [-0.39, 0.29) is 52.2 Å². The molecule has 8 nitrogen and oxygen atoms in total. The van der Waals surface area contributed by atoms with E-state index in [1.54, 1.807) is 24.3 Å². The van der Waals surface area contributed by atoms with Crippen LogP contribution in [0.2, 0.25) is 20.1 Å². The molecule has 3 rings (SSSR count). The Hall–Kier alpha value is -2.52. The molecule has 0 aliphatic heterocycles. The van der Waals surface area contributed by atoms with Gasteiger partial charge in [-0.1, -0.05) is 63.7 Å². The first kappa shape index (κ1) is 23.1. The van der Waals surface area contributed by atoms with Gasteiger partial charge in [0.25, 0.3) is 5.91 Å². The van der Waals surface area contributed by atoms with Gasteiger partial charge in [0.05, 0.1) is 15.1 Å². The predicted molar refractivity (Wildman–Crippen MR) is 117 cm³/mol. The second-order valence-corrected chi connectivity index (χ2v) is 7.68. The highest BCUT2D eigenvalue weighted by Gasteiger charge is 2.16. The molecule has 0 spiro atoms. The Balaban J connectivity index is 1.41. The van der Waals surface area contributed by atoms with Crippen LogP contribution in [0.3, 0.4) is 0 Å². The number of nitrogens with zero attached hydrogens (tertiary/aromatic N) is 2. The van der Waals surface area contributed by atoms with Gasteiger partial charge in [0.15, 0.2) is 6.61 Å². The predicted octanol–water partition coefficient (Wildman–Crippen LogP) is 4.28. The van der Waals surface area contributed by atoms with Gasteiger partial charge in [-0.05, 0) is 18.2 Å². The number of carbonyl (C=O) groups excluding carboxylic acids is 2. The van der Waals surface area contributed by atoms with Crippen LogP contribution in [0.1, 0.15) is 10.7 Å². The highest BCUT2D eigenvalue weighted by molar-refractivity contribution is 6.43. The van der Waals surface area contributed by atoms with Crippen LogP contribution in [-0.2, 0) is 4.79 Å². The van der Waals surface area contributed by atoms with E-state index in [4.69, 9.17) is 55.7 Å². The summed E-state index contributed by atoms with van der Waals surface area (Å²) in [7, 11) is 0. The average Bonchev–Trinajstić information content (AvgIpc) is 3.23. The van der Waals surface area contributed by atoms with E-state index in [2.05, 4.69) is 20.8 Å². The Labute approximate surface area is 196 Å². The summed E-state index contributed by atoms with van der Waals surface area (Å²) in [6.07, 6.45) is 0. The second kappa shape index (κ2) is 10.7. The van der Waals surface area contributed by atoms with E-state index < -0.39 is 11.8 Å². The molecule has 2 amide bonds. The minimum Gasteiger partial charge on any atom is -0.482 e. The number of rotatable bonds is 8. The number of amides is 2. The molecule has 0 radical (unpaired) electrons. The Morgan fingerprint density at radius 1 is 0.968 bits per heavy atom. The first-order valence-electron chi connectivity index (χ1n) is 8.75. The maximum atomic E-state index is 12.1. The van der Waals surface area contributed by atoms with Crippen molar-refractivity contribution < 1.29 is 18.8 Å². The number of halogens is 4. The van der Waals surface area contributed by atoms with Crippen LogP contribution >= 0.6 is 46.4 Å². The fraction of sp³-hybridized carbons (Fsp3) is 0.158. The molecule has 0 fully saturated rings. The smallest absolute Gasteiger partial charge is 0.316 e. The van der Waals surface area contributed by atoms with E-state index in [0.717, 1.165) is 0 Å². The first-order chi connectivity index (χ1) is 14.8. The number of carbonyl (C=O) groups is 2. The van der Waals surface area contributed by atoms with Gasteiger partial charge in [0.1, 0.15) is 5.75 Å². The van der Waals surface area contributed by atoms with Crippen molar-refractivity contribution >= 4 is 58.2 Å². The molecule has 162 valence electrons. The van der Waals surface area contributed by atoms with E-state index >= 15 is 0 Å². The van der Waals surface area contributed by atoms with Crippen molar-refractivity contribution in [3.63, 3.8) is 0 Å². The van der Waals surface area contributed by atoms with Crippen molar-refractivity contribution in [2.24, 2.45) is 0 Å². The van der Waals surface area contributed by atoms with E-state index in [1.807, 2.05) is 0 Å². The van der Waals surface area contributed by atoms with Crippen LogP contribution in [-0.4, -0.2) is 41.7 Å². The third-order valence-corrected chi connectivity index (χ3v) is 5.02. The Bertz CT molecular complexity index is 1110. The number of aromatic nitrogens is 2. The Kier molecular flexibility index (Phi) is 7.97. The summed E-state index contributed by atoms with van der Waals surface area (Å²) in [5.41, 5.74) is 0.615. The number of nitrogens with one attached hydrogen (secondary N) is 2. The number of hydrogen-bond acceptors (Lipinski definition) is 6. The molecule has 2 aromatic carbocycles. The van der Waals surface area contributed by atoms with Gasteiger partial charge in [-0.2, -0.15) is 4.98 Å². The number of benzene rings is 2. The maximum Gasteiger partial charge on any atom is 0.316 e. The lowest BCUT2D eigenvalue weighted by Crippen LogP contribution is -2.36. The third kappa shape index (κ3) is 6.48. The Morgan fingerprint density at radius 2 is 1.71 bits per heavy atom. The van der Waals surface area contributed by atoms with Crippen LogP contribution in [0, 0.1) is 0 Å². The summed E-state index contributed by atoms with van der Waals surface area (Å²) < 4.78 is 10.3. The van der Waals surface area contributed by atoms with Crippen molar-refractivity contribution in [3.8, 4) is 17.1 Å². The van der Waals surface area contributed by atoms with Gasteiger partial charge >= 0.3 is 11.8 Å². The summed E-state index contributed by atoms with van der Waals surface area (Å²) in [5.74, 6) is -0.740. The summed E-state index contributed by atoms with van der Waals surface area (Å²) in [5, 5.41) is 10.2. The van der Waals surface area contributed by atoms with Crippen LogP contribution in [0.25, 0.3) is 11.4 Å². The molecule has 0 saturated carbocycles. The normalized spacial score (nSPS) is 10.6. The summed E-state index contributed by atoms with van der Waals surface area (Å²) in [6, 6.07) is 9.66. The molecular weight excluding hydrogens is 490 g/mol. The SMILES string of the molecule is O=C(COc1cc(Cl)c(Cl)cc1Cl)NCCNC(=O)c1nc(-c2cccc(Cl)c2)no1. The van der Waals surface area contributed by atoms with Gasteiger partial charge in [-0.25, -0.2) is 0 Å². The molecule has 0 atom stereocenters. The highest BCUT2D eigenvalue weighted by atomic mass is 35.5. The lowest BCUT2D eigenvalue weighted by Gasteiger charge is -2.10. The molecule has 12 heteroatoms. The van der Waals surface area contributed by atoms with Crippen molar-refractivity contribution in [1.82, 2.24) is 20.8 Å². The van der Waals surface area contributed by atoms with Crippen molar-refractivity contribution in [3.05, 3.63) is 62.4 Å². The third-order valence-electron chi connectivity index (χ3n) is 3.77. The molecule has 2 N–H and O–H groups in total. The zero-order valence-electron chi connectivity index (χ0n) is 15.6. The summed E-state index contributed by atoms with van der Waals surface area (Å²) in [4.78, 5) is 28.0. The van der Waals surface area contributed by atoms with Crippen LogP contribution in [0.4, 0.5) is 0 Å². The largest absolute Gasteiger partial charge is 0.482 e. The highest BCUT2D eigenvalue weighted by Crippen LogP contribution is 2.33. The molecule has 0 bridgehead atoms. The summed E-state index contributed by atoms with van der Waals surface area (Å²) >= 11 is 23.6. The molecular formula is C19H14Cl4N4O4. The fourth-order valence-electron chi connectivity index (χ4n) is 2.32. The number of ether oxygens (including phenoxy) is 1. The minimum atomic E-state index is -0.575. The topological polar surface area (TPSA) is 106 Å². The van der Waals surface area contributed by atoms with Gasteiger partial charge in [0, 0.05) is 29.7 Å². The van der Waals surface area contributed by atoms with Crippen LogP contribution in [0.15, 0.2) is 40.9 Å². The van der Waals surface area contributed by atoms with Gasteiger partial charge in [0.2, 0.25) is 5.82 Å². The molecule has 0 saturated heterocycles. The quantitative estimate of drug-likeness (QED) is 0.351. The lowest BCUT2D eigenvalue weighted by atomic mass is 10.2. The van der Waals surface area contributed by atoms with Crippen molar-refractivity contribution in [2.75, 3.05) is 19.7 Å². The lowest BCUT2D eigenvalue weighted by molar-refractivity contribution is -0.123. The maximum absolute atomic E-state index is 12.1. The zero-order valence-corrected chi connectivity index (χ0v) is 18.6. The van der Waals surface area contributed by atoms with E-state index in [0.29, 0.717) is 10.6 Å². The van der Waals surface area contributed by atoms with Crippen LogP contribution in [0.5, 0.6) is 5.75 Å². The van der Waals surface area contributed by atoms with Gasteiger partial charge in [-0.15, -0.1) is 0 Å². The molecule has 0 unspecified atom stereocenters. The molecule has 0 aliphatic carbocycles. The number of hydrogen-bond donors (Lipinski definition) is 2. The monoisotopic (exact) mass is 502 g/mol. The van der Waals surface area contributed by atoms with Gasteiger partial charge < -0.3 is 19.9 Å². The van der Waals surface area contributed by atoms with Crippen LogP contribution < -0.4 is 15.4 Å². The molecule has 31 heavy (non-hydrogen) atoms. The second-order valence-electron chi connectivity index (χ2n) is 6.02. The molecule has 1 heterocycles. The average molecular weight is 504 g/mol. The molecule has 1 aromatic heterocycles. The van der Waals surface area contributed by atoms with Crippen molar-refractivity contribution in [2.45, 2.75) is 0 Å². The van der Waals surface area contributed by atoms with E-state index in [9.17, 15) is 9.59 Å². The zero-order chi connectivity index (χ0) is 22.4. The molecule has 0 aliphatic rings. The minimum absolute atomic E-state index is 0.132. The summed E-state index contributed by atoms with van der Waals surface area (Å²) in [6.45, 7) is -0.0103. The first-order valence-corrected chi connectivity index (χ1v) is 10.3. The Morgan fingerprint density at radius 3 is 2.48 bits per heavy atom. The molecule has 3 aromatic rings. The standard InChI is InChI=1S/C19H14Cl4N4O4/c20-11-3-1-2-10(6-11)17-26-19(31-27-17)18(29)25-5-4-24-16(28)9-30-15-8-13(22)12(21)7-14(15)23/h1-3,6-8H,4-5,9H2,(H,24,28)(H,25,29). The fourth-order valence-corrected chi connectivity index (χ4v) is 3.11. The van der Waals surface area contributed by atoms with Crippen molar-refractivity contribution in [1.29, 1.82) is 0 Å².